The number of hydrogen-bond donors (Lipinski definition) is 2. The van der Waals surface area contributed by atoms with Gasteiger partial charge in [-0.15, -0.1) is 0 Å². The molecule has 2 rings (SSSR count). The molecule has 0 aliphatic carbocycles. The van der Waals surface area contributed by atoms with Gasteiger partial charge in [-0.05, 0) is 25.8 Å². The van der Waals surface area contributed by atoms with Gasteiger partial charge in [-0.3, -0.25) is 0 Å². The number of carbonyl (C=O) groups is 1. The Morgan fingerprint density at radius 3 is 2.61 bits per heavy atom. The second-order valence-electron chi connectivity index (χ2n) is 4.39. The predicted octanol–water partition coefficient (Wildman–Crippen LogP) is 2.95. The zero-order valence-corrected chi connectivity index (χ0v) is 10.7. The summed E-state index contributed by atoms with van der Waals surface area (Å²) in [5, 5.41) is 9.09. The lowest BCUT2D eigenvalue weighted by Gasteiger charge is -2.03. The van der Waals surface area contributed by atoms with Gasteiger partial charge in [0.15, 0.2) is 5.69 Å². The van der Waals surface area contributed by atoms with Crippen LogP contribution in [-0.4, -0.2) is 21.0 Å². The molecule has 4 heteroatoms. The van der Waals surface area contributed by atoms with Gasteiger partial charge in [-0.1, -0.05) is 30.7 Å². The SMILES string of the molecule is CCc1[nH]c(-c2ccc(C)cc2C)nc1C(=O)O. The fraction of sp³-hybridized carbons (Fsp3) is 0.286. The van der Waals surface area contributed by atoms with E-state index in [2.05, 4.69) is 16.0 Å². The summed E-state index contributed by atoms with van der Waals surface area (Å²) >= 11 is 0. The van der Waals surface area contributed by atoms with Crippen molar-refractivity contribution >= 4 is 5.97 Å². The van der Waals surface area contributed by atoms with Crippen LogP contribution in [0, 0.1) is 13.8 Å². The van der Waals surface area contributed by atoms with Crippen molar-refractivity contribution in [2.45, 2.75) is 27.2 Å². The number of H-pyrrole nitrogens is 1. The van der Waals surface area contributed by atoms with Crippen LogP contribution in [0.5, 0.6) is 0 Å². The lowest BCUT2D eigenvalue weighted by molar-refractivity contribution is 0.0690. The van der Waals surface area contributed by atoms with Crippen molar-refractivity contribution in [1.82, 2.24) is 9.97 Å². The topological polar surface area (TPSA) is 66.0 Å². The number of aromatic amines is 1. The number of rotatable bonds is 3. The second-order valence-corrected chi connectivity index (χ2v) is 4.39. The van der Waals surface area contributed by atoms with Crippen LogP contribution in [0.3, 0.4) is 0 Å². The number of hydrogen-bond acceptors (Lipinski definition) is 2. The second kappa shape index (κ2) is 4.64. The van der Waals surface area contributed by atoms with Crippen LogP contribution in [0.15, 0.2) is 18.2 Å². The summed E-state index contributed by atoms with van der Waals surface area (Å²) in [5.41, 5.74) is 3.99. The number of imidazole rings is 1. The van der Waals surface area contributed by atoms with Gasteiger partial charge >= 0.3 is 5.97 Å². The number of aryl methyl sites for hydroxylation is 3. The van der Waals surface area contributed by atoms with Crippen molar-refractivity contribution < 1.29 is 9.90 Å². The summed E-state index contributed by atoms with van der Waals surface area (Å²) in [6.07, 6.45) is 0.625. The molecule has 0 bridgehead atoms. The Labute approximate surface area is 106 Å². The first-order chi connectivity index (χ1) is 8.52. The van der Waals surface area contributed by atoms with Crippen LogP contribution < -0.4 is 0 Å². The van der Waals surface area contributed by atoms with Gasteiger partial charge in [0.25, 0.3) is 0 Å². The Morgan fingerprint density at radius 1 is 1.39 bits per heavy atom. The van der Waals surface area contributed by atoms with Crippen LogP contribution in [0.4, 0.5) is 0 Å². The Morgan fingerprint density at radius 2 is 2.11 bits per heavy atom. The first-order valence-corrected chi connectivity index (χ1v) is 5.92. The molecule has 0 spiro atoms. The third kappa shape index (κ3) is 2.14. The van der Waals surface area contributed by atoms with E-state index in [-0.39, 0.29) is 5.69 Å². The van der Waals surface area contributed by atoms with Gasteiger partial charge in [0, 0.05) is 11.3 Å². The zero-order valence-electron chi connectivity index (χ0n) is 10.7. The van der Waals surface area contributed by atoms with E-state index in [9.17, 15) is 4.79 Å². The first-order valence-electron chi connectivity index (χ1n) is 5.92. The average molecular weight is 244 g/mol. The molecule has 2 N–H and O–H groups in total. The number of benzene rings is 1. The molecule has 0 atom stereocenters. The van der Waals surface area contributed by atoms with Crippen molar-refractivity contribution in [3.05, 3.63) is 40.7 Å². The quantitative estimate of drug-likeness (QED) is 0.872. The highest BCUT2D eigenvalue weighted by Crippen LogP contribution is 2.23. The molecule has 0 aliphatic heterocycles. The van der Waals surface area contributed by atoms with Gasteiger partial charge in [-0.25, -0.2) is 9.78 Å². The molecule has 94 valence electrons. The average Bonchev–Trinajstić information content (AvgIpc) is 2.73. The maximum Gasteiger partial charge on any atom is 0.356 e. The molecule has 1 heterocycles. The summed E-state index contributed by atoms with van der Waals surface area (Å²) in [6, 6.07) is 6.02. The molecule has 0 fully saturated rings. The first kappa shape index (κ1) is 12.4. The zero-order chi connectivity index (χ0) is 13.3. The minimum atomic E-state index is -0.987. The molecule has 4 nitrogen and oxygen atoms in total. The van der Waals surface area contributed by atoms with E-state index < -0.39 is 5.97 Å². The summed E-state index contributed by atoms with van der Waals surface area (Å²) in [5.74, 6) is -0.360. The summed E-state index contributed by atoms with van der Waals surface area (Å²) in [7, 11) is 0. The van der Waals surface area contributed by atoms with Crippen LogP contribution in [0.25, 0.3) is 11.4 Å². The molecule has 0 unspecified atom stereocenters. The monoisotopic (exact) mass is 244 g/mol. The lowest BCUT2D eigenvalue weighted by atomic mass is 10.1. The van der Waals surface area contributed by atoms with Gasteiger partial charge in [0.1, 0.15) is 5.82 Å². The molecule has 0 saturated carbocycles. The fourth-order valence-electron chi connectivity index (χ4n) is 2.05. The van der Waals surface area contributed by atoms with E-state index in [1.807, 2.05) is 32.9 Å². The predicted molar refractivity (Wildman–Crippen MR) is 69.8 cm³/mol. The normalized spacial score (nSPS) is 10.6. The van der Waals surface area contributed by atoms with Crippen molar-refractivity contribution in [3.63, 3.8) is 0 Å². The molecule has 1 aromatic carbocycles. The van der Waals surface area contributed by atoms with Crippen molar-refractivity contribution in [2.75, 3.05) is 0 Å². The van der Waals surface area contributed by atoms with Crippen LogP contribution >= 0.6 is 0 Å². The highest BCUT2D eigenvalue weighted by molar-refractivity contribution is 5.87. The van der Waals surface area contributed by atoms with E-state index >= 15 is 0 Å². The summed E-state index contributed by atoms with van der Waals surface area (Å²) in [6.45, 7) is 5.93. The summed E-state index contributed by atoms with van der Waals surface area (Å²) in [4.78, 5) is 18.4. The Hall–Kier alpha value is -2.10. The maximum atomic E-state index is 11.1. The van der Waals surface area contributed by atoms with E-state index in [1.165, 1.54) is 5.56 Å². The minimum absolute atomic E-state index is 0.118. The molecule has 2 aromatic rings. The fourth-order valence-corrected chi connectivity index (χ4v) is 2.05. The van der Waals surface area contributed by atoms with E-state index in [0.717, 1.165) is 11.1 Å². The number of nitrogens with one attached hydrogen (secondary N) is 1. The highest BCUT2D eigenvalue weighted by Gasteiger charge is 2.16. The van der Waals surface area contributed by atoms with Crippen LogP contribution in [-0.2, 0) is 6.42 Å². The lowest BCUT2D eigenvalue weighted by Crippen LogP contribution is -2.00. The van der Waals surface area contributed by atoms with Gasteiger partial charge in [0.2, 0.25) is 0 Å². The van der Waals surface area contributed by atoms with Gasteiger partial charge in [-0.2, -0.15) is 0 Å². The summed E-state index contributed by atoms with van der Waals surface area (Å²) < 4.78 is 0. The van der Waals surface area contributed by atoms with Crippen molar-refractivity contribution in [2.24, 2.45) is 0 Å². The third-order valence-corrected chi connectivity index (χ3v) is 2.97. The highest BCUT2D eigenvalue weighted by atomic mass is 16.4. The number of carboxylic acid groups (broad SMARTS) is 1. The molecular formula is C14H16N2O2. The standard InChI is InChI=1S/C14H16N2O2/c1-4-11-12(14(17)18)16-13(15-11)10-6-5-8(2)7-9(10)3/h5-7H,4H2,1-3H3,(H,15,16)(H,17,18). The third-order valence-electron chi connectivity index (χ3n) is 2.97. The molecule has 0 aliphatic rings. The minimum Gasteiger partial charge on any atom is -0.476 e. The van der Waals surface area contributed by atoms with Crippen LogP contribution in [0.2, 0.25) is 0 Å². The number of aromatic nitrogens is 2. The number of carboxylic acids is 1. The Bertz CT molecular complexity index is 600. The number of aromatic carboxylic acids is 1. The van der Waals surface area contributed by atoms with E-state index in [0.29, 0.717) is 17.9 Å². The maximum absolute atomic E-state index is 11.1. The molecule has 0 radical (unpaired) electrons. The largest absolute Gasteiger partial charge is 0.476 e. The molecular weight excluding hydrogens is 228 g/mol. The van der Waals surface area contributed by atoms with E-state index in [4.69, 9.17) is 5.11 Å². The van der Waals surface area contributed by atoms with Crippen molar-refractivity contribution in [3.8, 4) is 11.4 Å². The van der Waals surface area contributed by atoms with Crippen LogP contribution in [0.1, 0.15) is 34.2 Å². The Balaban J connectivity index is 2.54. The molecule has 18 heavy (non-hydrogen) atoms. The molecule has 1 aromatic heterocycles. The number of nitrogens with zero attached hydrogens (tertiary/aromatic N) is 1. The van der Waals surface area contributed by atoms with Gasteiger partial charge < -0.3 is 10.1 Å². The van der Waals surface area contributed by atoms with Gasteiger partial charge in [0.05, 0.1) is 0 Å². The molecule has 0 saturated heterocycles. The van der Waals surface area contributed by atoms with Crippen molar-refractivity contribution in [1.29, 1.82) is 0 Å². The molecule has 0 amide bonds. The smallest absolute Gasteiger partial charge is 0.356 e. The Kier molecular flexibility index (Phi) is 3.19. The van der Waals surface area contributed by atoms with E-state index in [1.54, 1.807) is 0 Å².